The molecule has 0 spiro atoms. The quantitative estimate of drug-likeness (QED) is 0.794. The predicted octanol–water partition coefficient (Wildman–Crippen LogP) is 2.80. The number of hydrogen-bond donors (Lipinski definition) is 2. The van der Waals surface area contributed by atoms with E-state index in [-0.39, 0.29) is 18.0 Å². The van der Waals surface area contributed by atoms with Gasteiger partial charge >= 0.3 is 0 Å². The van der Waals surface area contributed by atoms with Crippen LogP contribution >= 0.6 is 0 Å². The summed E-state index contributed by atoms with van der Waals surface area (Å²) in [6.45, 7) is 8.28. The Hall–Kier alpha value is -1.35. The highest BCUT2D eigenvalue weighted by Gasteiger charge is 2.20. The molecule has 1 rings (SSSR count). The van der Waals surface area contributed by atoms with Crippen LogP contribution in [0.2, 0.25) is 0 Å². The summed E-state index contributed by atoms with van der Waals surface area (Å²) in [5.41, 5.74) is 7.89. The van der Waals surface area contributed by atoms with Crippen molar-refractivity contribution in [1.29, 1.82) is 0 Å². The van der Waals surface area contributed by atoms with Gasteiger partial charge in [-0.1, -0.05) is 51.5 Å². The van der Waals surface area contributed by atoms with E-state index >= 15 is 0 Å². The third-order valence-electron chi connectivity index (χ3n) is 3.40. The van der Waals surface area contributed by atoms with E-state index in [4.69, 9.17) is 5.73 Å². The topological polar surface area (TPSA) is 55.1 Å². The lowest BCUT2D eigenvalue weighted by Gasteiger charge is -2.25. The second kappa shape index (κ2) is 7.29. The molecule has 0 aliphatic carbocycles. The van der Waals surface area contributed by atoms with Gasteiger partial charge in [0.2, 0.25) is 5.91 Å². The average Bonchev–Trinajstić information content (AvgIpc) is 2.36. The summed E-state index contributed by atoms with van der Waals surface area (Å²) in [7, 11) is 0. The number of hydrogen-bond acceptors (Lipinski definition) is 2. The molecule has 0 aromatic heterocycles. The Bertz CT molecular complexity index is 398. The Morgan fingerprint density at radius 2 is 1.79 bits per heavy atom. The second-order valence-corrected chi connectivity index (χ2v) is 5.50. The Kier molecular flexibility index (Phi) is 6.03. The van der Waals surface area contributed by atoms with E-state index in [0.29, 0.717) is 5.92 Å². The molecule has 0 radical (unpaired) electrons. The van der Waals surface area contributed by atoms with Crippen molar-refractivity contribution in [1.82, 2.24) is 5.32 Å². The van der Waals surface area contributed by atoms with Crippen LogP contribution in [-0.4, -0.2) is 11.9 Å². The molecule has 0 heterocycles. The molecule has 0 bridgehead atoms. The summed E-state index contributed by atoms with van der Waals surface area (Å²) in [5.74, 6) is 0.0899. The third-order valence-corrected chi connectivity index (χ3v) is 3.40. The standard InChI is InChI=1S/C16H26N2O/c1-5-6-13-7-9-14(10-8-13)15(11(2)3)18-12(4)16(17)19/h7-12,15,18H,5-6H2,1-4H3,(H2,17,19)/t12-,15+/m0/s1. The van der Waals surface area contributed by atoms with Crippen LogP contribution in [0.1, 0.15) is 51.3 Å². The van der Waals surface area contributed by atoms with E-state index in [2.05, 4.69) is 50.4 Å². The highest BCUT2D eigenvalue weighted by atomic mass is 16.1. The van der Waals surface area contributed by atoms with Gasteiger partial charge in [-0.05, 0) is 30.4 Å². The fraction of sp³-hybridized carbons (Fsp3) is 0.562. The number of nitrogens with one attached hydrogen (secondary N) is 1. The number of carbonyl (C=O) groups is 1. The van der Waals surface area contributed by atoms with Gasteiger partial charge in [0.15, 0.2) is 0 Å². The first-order valence-corrected chi connectivity index (χ1v) is 7.09. The van der Waals surface area contributed by atoms with Gasteiger partial charge in [0, 0.05) is 6.04 Å². The van der Waals surface area contributed by atoms with Gasteiger partial charge in [0.05, 0.1) is 6.04 Å². The lowest BCUT2D eigenvalue weighted by molar-refractivity contribution is -0.119. The van der Waals surface area contributed by atoms with Gasteiger partial charge in [-0.2, -0.15) is 0 Å². The Labute approximate surface area is 116 Å². The fourth-order valence-corrected chi connectivity index (χ4v) is 2.21. The molecule has 1 aromatic rings. The van der Waals surface area contributed by atoms with Gasteiger partial charge in [0.1, 0.15) is 0 Å². The molecule has 0 fully saturated rings. The Morgan fingerprint density at radius 3 is 2.21 bits per heavy atom. The zero-order valence-corrected chi connectivity index (χ0v) is 12.4. The Morgan fingerprint density at radius 1 is 1.21 bits per heavy atom. The molecular formula is C16H26N2O. The molecule has 1 amide bonds. The van der Waals surface area contributed by atoms with Crippen LogP contribution < -0.4 is 11.1 Å². The maximum absolute atomic E-state index is 11.2. The van der Waals surface area contributed by atoms with Gasteiger partial charge in [0.25, 0.3) is 0 Å². The maximum Gasteiger partial charge on any atom is 0.234 e. The van der Waals surface area contributed by atoms with Crippen molar-refractivity contribution in [2.75, 3.05) is 0 Å². The van der Waals surface area contributed by atoms with E-state index in [1.54, 1.807) is 0 Å². The summed E-state index contributed by atoms with van der Waals surface area (Å²) in [4.78, 5) is 11.2. The van der Waals surface area contributed by atoms with Crippen molar-refractivity contribution in [3.05, 3.63) is 35.4 Å². The lowest BCUT2D eigenvalue weighted by Crippen LogP contribution is -2.42. The van der Waals surface area contributed by atoms with Crippen LogP contribution in [0.3, 0.4) is 0 Å². The van der Waals surface area contributed by atoms with Gasteiger partial charge in [-0.25, -0.2) is 0 Å². The molecule has 0 aliphatic rings. The normalized spacial score (nSPS) is 14.4. The molecule has 19 heavy (non-hydrogen) atoms. The van der Waals surface area contributed by atoms with Crippen LogP contribution in [-0.2, 0) is 11.2 Å². The molecule has 0 saturated carbocycles. The zero-order valence-electron chi connectivity index (χ0n) is 12.4. The maximum atomic E-state index is 11.2. The lowest BCUT2D eigenvalue weighted by atomic mass is 9.94. The second-order valence-electron chi connectivity index (χ2n) is 5.50. The summed E-state index contributed by atoms with van der Waals surface area (Å²) in [5, 5.41) is 3.31. The number of nitrogens with two attached hydrogens (primary N) is 1. The van der Waals surface area contributed by atoms with E-state index in [1.807, 2.05) is 6.92 Å². The van der Waals surface area contributed by atoms with Crippen molar-refractivity contribution in [3.8, 4) is 0 Å². The van der Waals surface area contributed by atoms with E-state index in [0.717, 1.165) is 12.8 Å². The largest absolute Gasteiger partial charge is 0.368 e. The van der Waals surface area contributed by atoms with Gasteiger partial charge in [-0.15, -0.1) is 0 Å². The first kappa shape index (κ1) is 15.7. The van der Waals surface area contributed by atoms with Crippen LogP contribution in [0, 0.1) is 5.92 Å². The highest BCUT2D eigenvalue weighted by Crippen LogP contribution is 2.23. The molecule has 3 N–H and O–H groups in total. The molecule has 1 aromatic carbocycles. The SMILES string of the molecule is CCCc1ccc([C@H](N[C@@H](C)C(N)=O)C(C)C)cc1. The number of rotatable bonds is 7. The van der Waals surface area contributed by atoms with Crippen LogP contribution in [0.5, 0.6) is 0 Å². The number of carbonyl (C=O) groups excluding carboxylic acids is 1. The monoisotopic (exact) mass is 262 g/mol. The summed E-state index contributed by atoms with van der Waals surface area (Å²) < 4.78 is 0. The average molecular weight is 262 g/mol. The van der Waals surface area contributed by atoms with Crippen LogP contribution in [0.15, 0.2) is 24.3 Å². The molecule has 0 unspecified atom stereocenters. The smallest absolute Gasteiger partial charge is 0.234 e. The predicted molar refractivity (Wildman–Crippen MR) is 79.8 cm³/mol. The highest BCUT2D eigenvalue weighted by molar-refractivity contribution is 5.79. The van der Waals surface area contributed by atoms with E-state index in [1.165, 1.54) is 11.1 Å². The van der Waals surface area contributed by atoms with Crippen molar-refractivity contribution in [2.45, 2.75) is 52.6 Å². The van der Waals surface area contributed by atoms with Crippen molar-refractivity contribution in [2.24, 2.45) is 11.7 Å². The van der Waals surface area contributed by atoms with Gasteiger partial charge < -0.3 is 5.73 Å². The zero-order chi connectivity index (χ0) is 14.4. The third kappa shape index (κ3) is 4.67. The van der Waals surface area contributed by atoms with E-state index in [9.17, 15) is 4.79 Å². The van der Waals surface area contributed by atoms with E-state index < -0.39 is 0 Å². The first-order valence-electron chi connectivity index (χ1n) is 7.09. The minimum atomic E-state index is -0.317. The van der Waals surface area contributed by atoms with Crippen LogP contribution in [0.25, 0.3) is 0 Å². The minimum absolute atomic E-state index is 0.151. The molecule has 3 heteroatoms. The number of aryl methyl sites for hydroxylation is 1. The molecular weight excluding hydrogens is 236 g/mol. The molecule has 2 atom stereocenters. The van der Waals surface area contributed by atoms with Crippen molar-refractivity contribution >= 4 is 5.91 Å². The number of amides is 1. The Balaban J connectivity index is 2.84. The summed E-state index contributed by atoms with van der Waals surface area (Å²) in [6.07, 6.45) is 2.27. The number of primary amides is 1. The molecule has 0 saturated heterocycles. The molecule has 3 nitrogen and oxygen atoms in total. The van der Waals surface area contributed by atoms with Crippen LogP contribution in [0.4, 0.5) is 0 Å². The summed E-state index contributed by atoms with van der Waals surface area (Å²) in [6, 6.07) is 8.48. The number of benzene rings is 1. The minimum Gasteiger partial charge on any atom is -0.368 e. The van der Waals surface area contributed by atoms with Gasteiger partial charge in [-0.3, -0.25) is 10.1 Å². The van der Waals surface area contributed by atoms with Crippen molar-refractivity contribution in [3.63, 3.8) is 0 Å². The first-order chi connectivity index (χ1) is 8.95. The summed E-state index contributed by atoms with van der Waals surface area (Å²) >= 11 is 0. The fourth-order valence-electron chi connectivity index (χ4n) is 2.21. The van der Waals surface area contributed by atoms with Crippen molar-refractivity contribution < 1.29 is 4.79 Å². The molecule has 0 aliphatic heterocycles. The molecule has 106 valence electrons.